The van der Waals surface area contributed by atoms with Gasteiger partial charge in [0.2, 0.25) is 0 Å². The summed E-state index contributed by atoms with van der Waals surface area (Å²) in [6.07, 6.45) is 0. The zero-order chi connectivity index (χ0) is 8.59. The highest BCUT2D eigenvalue weighted by Crippen LogP contribution is 2.31. The zero-order valence-corrected chi connectivity index (χ0v) is 7.71. The molecule has 0 aliphatic heterocycles. The van der Waals surface area contributed by atoms with Crippen molar-refractivity contribution in [3.8, 4) is 0 Å². The lowest BCUT2D eigenvalue weighted by molar-refractivity contribution is 0.0697. The number of aromatic carboxylic acids is 1. The molecule has 4 heteroatoms. The van der Waals surface area contributed by atoms with Gasteiger partial charge in [-0.3, -0.25) is 0 Å². The van der Waals surface area contributed by atoms with Crippen LogP contribution in [-0.2, 0) is 0 Å². The first-order chi connectivity index (χ1) is 5.04. The smallest absolute Gasteiger partial charge is 0.338 e. The van der Waals surface area contributed by atoms with Crippen molar-refractivity contribution < 1.29 is 9.90 Å². The number of carboxylic acid groups (broad SMARTS) is 1. The van der Waals surface area contributed by atoms with Gasteiger partial charge in [0.15, 0.2) is 0 Å². The molecule has 0 amide bonds. The molecule has 1 aromatic rings. The summed E-state index contributed by atoms with van der Waals surface area (Å²) in [4.78, 5) is 11.5. The minimum atomic E-state index is -0.947. The summed E-state index contributed by atoms with van der Waals surface area (Å²) in [5.74, 6) is -0.947. The molecule has 1 rings (SSSR count). The summed E-state index contributed by atoms with van der Waals surface area (Å²) >= 11 is 6.99. The molecule has 0 fully saturated rings. The third-order valence-electron chi connectivity index (χ3n) is 1.56. The first-order valence-corrected chi connectivity index (χ1v) is 4.22. The Morgan fingerprint density at radius 2 is 2.09 bits per heavy atom. The van der Waals surface area contributed by atoms with E-state index in [9.17, 15) is 4.79 Å². The lowest BCUT2D eigenvalue weighted by Crippen LogP contribution is -1.96. The van der Waals surface area contributed by atoms with Gasteiger partial charge >= 0.3 is 5.97 Å². The molecule has 60 valence electrons. The number of halogens is 1. The van der Waals surface area contributed by atoms with Gasteiger partial charge in [-0.05, 0) is 19.4 Å². The largest absolute Gasteiger partial charge is 0.478 e. The average Bonchev–Trinajstić information content (AvgIpc) is 2.07. The summed E-state index contributed by atoms with van der Waals surface area (Å²) < 4.78 is 0.368. The Kier molecular flexibility index (Phi) is 2.20. The van der Waals surface area contributed by atoms with Crippen LogP contribution in [0.2, 0.25) is 4.34 Å². The maximum absolute atomic E-state index is 10.6. The molecule has 0 spiro atoms. The number of hydrogen-bond donors (Lipinski definition) is 1. The summed E-state index contributed by atoms with van der Waals surface area (Å²) in [6.45, 7) is 3.62. The van der Waals surface area contributed by atoms with Crippen LogP contribution in [0, 0.1) is 13.8 Å². The fourth-order valence-corrected chi connectivity index (χ4v) is 2.27. The molecule has 0 saturated carbocycles. The van der Waals surface area contributed by atoms with Gasteiger partial charge in [0.1, 0.15) is 4.34 Å². The lowest BCUT2D eigenvalue weighted by Gasteiger charge is -1.91. The van der Waals surface area contributed by atoms with E-state index in [2.05, 4.69) is 0 Å². The molecule has 1 N–H and O–H groups in total. The van der Waals surface area contributed by atoms with Crippen LogP contribution in [0.3, 0.4) is 0 Å². The molecule has 0 aliphatic carbocycles. The SMILES string of the molecule is Cc1sc(Cl)c(C(=O)O)c1C. The third kappa shape index (κ3) is 1.39. The third-order valence-corrected chi connectivity index (χ3v) is 2.97. The van der Waals surface area contributed by atoms with Crippen molar-refractivity contribution in [3.05, 3.63) is 20.3 Å². The Bertz CT molecular complexity index is 304. The fraction of sp³-hybridized carbons (Fsp3) is 0.286. The first kappa shape index (κ1) is 8.56. The Morgan fingerprint density at radius 1 is 1.55 bits per heavy atom. The highest BCUT2D eigenvalue weighted by atomic mass is 35.5. The molecule has 1 heterocycles. The van der Waals surface area contributed by atoms with Crippen LogP contribution in [0.25, 0.3) is 0 Å². The molecule has 1 aromatic heterocycles. The quantitative estimate of drug-likeness (QED) is 0.740. The molecule has 0 bridgehead atoms. The zero-order valence-electron chi connectivity index (χ0n) is 6.14. The normalized spacial score (nSPS) is 10.1. The number of hydrogen-bond acceptors (Lipinski definition) is 2. The lowest BCUT2D eigenvalue weighted by atomic mass is 10.2. The van der Waals surface area contributed by atoms with Crippen LogP contribution in [0.5, 0.6) is 0 Å². The predicted molar refractivity (Wildman–Crippen MR) is 45.8 cm³/mol. The molecule has 0 aliphatic rings. The number of carbonyl (C=O) groups is 1. The number of thiophene rings is 1. The topological polar surface area (TPSA) is 37.3 Å². The van der Waals surface area contributed by atoms with Crippen LogP contribution in [-0.4, -0.2) is 11.1 Å². The molecular formula is C7H7ClO2S. The van der Waals surface area contributed by atoms with Crippen LogP contribution >= 0.6 is 22.9 Å². The van der Waals surface area contributed by atoms with Crippen molar-refractivity contribution in [1.82, 2.24) is 0 Å². The van der Waals surface area contributed by atoms with Gasteiger partial charge in [-0.25, -0.2) is 4.79 Å². The second-order valence-corrected chi connectivity index (χ2v) is 4.06. The van der Waals surface area contributed by atoms with Gasteiger partial charge in [0.05, 0.1) is 5.56 Å². The van der Waals surface area contributed by atoms with Crippen molar-refractivity contribution >= 4 is 28.9 Å². The number of carboxylic acids is 1. The van der Waals surface area contributed by atoms with E-state index in [-0.39, 0.29) is 5.56 Å². The number of aryl methyl sites for hydroxylation is 1. The molecule has 0 saturated heterocycles. The van der Waals surface area contributed by atoms with E-state index < -0.39 is 5.97 Å². The second kappa shape index (κ2) is 2.83. The van der Waals surface area contributed by atoms with Crippen LogP contribution in [0.4, 0.5) is 0 Å². The standard InChI is InChI=1S/C7H7ClO2S/c1-3-4(2)11-6(8)5(3)7(9)10/h1-2H3,(H,9,10). The van der Waals surface area contributed by atoms with Crippen molar-refractivity contribution in [3.63, 3.8) is 0 Å². The van der Waals surface area contributed by atoms with Crippen LogP contribution in [0.15, 0.2) is 0 Å². The Hall–Kier alpha value is -0.540. The van der Waals surface area contributed by atoms with E-state index in [1.807, 2.05) is 6.92 Å². The van der Waals surface area contributed by atoms with Crippen LogP contribution < -0.4 is 0 Å². The average molecular weight is 191 g/mol. The van der Waals surface area contributed by atoms with E-state index in [4.69, 9.17) is 16.7 Å². The molecule has 0 aromatic carbocycles. The van der Waals surface area contributed by atoms with E-state index >= 15 is 0 Å². The Labute approximate surface area is 73.4 Å². The van der Waals surface area contributed by atoms with E-state index in [1.54, 1.807) is 6.92 Å². The van der Waals surface area contributed by atoms with E-state index in [0.717, 1.165) is 10.4 Å². The molecule has 0 atom stereocenters. The molecule has 0 unspecified atom stereocenters. The van der Waals surface area contributed by atoms with Gasteiger partial charge < -0.3 is 5.11 Å². The first-order valence-electron chi connectivity index (χ1n) is 3.02. The highest BCUT2D eigenvalue weighted by Gasteiger charge is 2.16. The Morgan fingerprint density at radius 3 is 2.27 bits per heavy atom. The van der Waals surface area contributed by atoms with Crippen molar-refractivity contribution in [1.29, 1.82) is 0 Å². The molecular weight excluding hydrogens is 184 g/mol. The van der Waals surface area contributed by atoms with Crippen LogP contribution in [0.1, 0.15) is 20.8 Å². The molecule has 0 radical (unpaired) electrons. The van der Waals surface area contributed by atoms with Crippen molar-refractivity contribution in [2.24, 2.45) is 0 Å². The van der Waals surface area contributed by atoms with Gasteiger partial charge in [0.25, 0.3) is 0 Å². The van der Waals surface area contributed by atoms with Gasteiger partial charge in [-0.15, -0.1) is 11.3 Å². The van der Waals surface area contributed by atoms with Gasteiger partial charge in [0, 0.05) is 4.88 Å². The van der Waals surface area contributed by atoms with Crippen molar-refractivity contribution in [2.75, 3.05) is 0 Å². The summed E-state index contributed by atoms with van der Waals surface area (Å²) in [5, 5.41) is 8.68. The van der Waals surface area contributed by atoms with E-state index in [1.165, 1.54) is 11.3 Å². The monoisotopic (exact) mass is 190 g/mol. The predicted octanol–water partition coefficient (Wildman–Crippen LogP) is 2.72. The highest BCUT2D eigenvalue weighted by molar-refractivity contribution is 7.16. The summed E-state index contributed by atoms with van der Waals surface area (Å²) in [6, 6.07) is 0. The van der Waals surface area contributed by atoms with Gasteiger partial charge in [-0.2, -0.15) is 0 Å². The number of rotatable bonds is 1. The molecule has 2 nitrogen and oxygen atoms in total. The van der Waals surface area contributed by atoms with Gasteiger partial charge in [-0.1, -0.05) is 11.6 Å². The maximum Gasteiger partial charge on any atom is 0.338 e. The summed E-state index contributed by atoms with van der Waals surface area (Å²) in [5.41, 5.74) is 1.02. The van der Waals surface area contributed by atoms with E-state index in [0.29, 0.717) is 4.34 Å². The maximum atomic E-state index is 10.6. The fourth-order valence-electron chi connectivity index (χ4n) is 0.830. The minimum absolute atomic E-state index is 0.245. The molecule has 11 heavy (non-hydrogen) atoms. The van der Waals surface area contributed by atoms with Crippen molar-refractivity contribution in [2.45, 2.75) is 13.8 Å². The Balaban J connectivity index is 3.34. The second-order valence-electron chi connectivity index (χ2n) is 2.24. The minimum Gasteiger partial charge on any atom is -0.478 e. The summed E-state index contributed by atoms with van der Waals surface area (Å²) in [7, 11) is 0.